The third-order valence-electron chi connectivity index (χ3n) is 5.36. The van der Waals surface area contributed by atoms with Crippen LogP contribution >= 0.6 is 23.2 Å². The fraction of sp³-hybridized carbons (Fsp3) is 0.348. The van der Waals surface area contributed by atoms with E-state index >= 15 is 0 Å². The SMILES string of the molecule is CCc1ccc(NC(=O)C(=O)NCCN2CCN(C(=O)c3ccc(Cl)cc3Cl)CC2)cc1. The molecule has 0 radical (unpaired) electrons. The van der Waals surface area contributed by atoms with Crippen LogP contribution in [0.2, 0.25) is 10.0 Å². The van der Waals surface area contributed by atoms with Gasteiger partial charge in [0, 0.05) is 50.0 Å². The maximum Gasteiger partial charge on any atom is 0.313 e. The van der Waals surface area contributed by atoms with Gasteiger partial charge in [0.05, 0.1) is 10.6 Å². The molecule has 7 nitrogen and oxygen atoms in total. The Hall–Kier alpha value is -2.61. The first-order valence-electron chi connectivity index (χ1n) is 10.5. The molecular formula is C23H26Cl2N4O3. The minimum atomic E-state index is -0.690. The summed E-state index contributed by atoms with van der Waals surface area (Å²) in [4.78, 5) is 40.7. The number of hydrogen-bond donors (Lipinski definition) is 2. The van der Waals surface area contributed by atoms with Crippen molar-refractivity contribution in [3.8, 4) is 0 Å². The van der Waals surface area contributed by atoms with Crippen LogP contribution in [-0.2, 0) is 16.0 Å². The average Bonchev–Trinajstić information content (AvgIpc) is 2.79. The quantitative estimate of drug-likeness (QED) is 0.627. The van der Waals surface area contributed by atoms with Crippen LogP contribution in [0.5, 0.6) is 0 Å². The Labute approximate surface area is 197 Å². The first-order valence-corrected chi connectivity index (χ1v) is 11.3. The van der Waals surface area contributed by atoms with Crippen LogP contribution < -0.4 is 10.6 Å². The fourth-order valence-corrected chi connectivity index (χ4v) is 3.92. The summed E-state index contributed by atoms with van der Waals surface area (Å²) in [6, 6.07) is 12.2. The van der Waals surface area contributed by atoms with Gasteiger partial charge in [0.2, 0.25) is 0 Å². The molecule has 1 aliphatic rings. The number of nitrogens with one attached hydrogen (secondary N) is 2. The van der Waals surface area contributed by atoms with Crippen molar-refractivity contribution in [1.82, 2.24) is 15.1 Å². The van der Waals surface area contributed by atoms with Gasteiger partial charge in [-0.15, -0.1) is 0 Å². The summed E-state index contributed by atoms with van der Waals surface area (Å²) in [5.41, 5.74) is 2.18. The molecule has 0 aromatic heterocycles. The van der Waals surface area contributed by atoms with Crippen molar-refractivity contribution >= 4 is 46.6 Å². The largest absolute Gasteiger partial charge is 0.347 e. The molecule has 170 valence electrons. The van der Waals surface area contributed by atoms with Crippen LogP contribution in [0.1, 0.15) is 22.8 Å². The van der Waals surface area contributed by atoms with Gasteiger partial charge in [-0.3, -0.25) is 19.3 Å². The summed E-state index contributed by atoms with van der Waals surface area (Å²) in [7, 11) is 0. The summed E-state index contributed by atoms with van der Waals surface area (Å²) >= 11 is 12.0. The summed E-state index contributed by atoms with van der Waals surface area (Å²) < 4.78 is 0. The van der Waals surface area contributed by atoms with Crippen LogP contribution in [0, 0.1) is 0 Å². The molecule has 2 aromatic rings. The van der Waals surface area contributed by atoms with E-state index in [1.54, 1.807) is 35.2 Å². The molecule has 0 bridgehead atoms. The second kappa shape index (κ2) is 11.3. The number of benzene rings is 2. The second-order valence-corrected chi connectivity index (χ2v) is 8.36. The highest BCUT2D eigenvalue weighted by atomic mass is 35.5. The van der Waals surface area contributed by atoms with Gasteiger partial charge in [-0.2, -0.15) is 0 Å². The molecule has 3 amide bonds. The van der Waals surface area contributed by atoms with Crippen LogP contribution in [0.25, 0.3) is 0 Å². The Kier molecular flexibility index (Phi) is 8.50. The molecular weight excluding hydrogens is 451 g/mol. The van der Waals surface area contributed by atoms with Crippen molar-refractivity contribution in [1.29, 1.82) is 0 Å². The van der Waals surface area contributed by atoms with Gasteiger partial charge < -0.3 is 15.5 Å². The lowest BCUT2D eigenvalue weighted by Crippen LogP contribution is -2.50. The number of nitrogens with zero attached hydrogens (tertiary/aromatic N) is 2. The van der Waals surface area contributed by atoms with Gasteiger partial charge in [-0.05, 0) is 42.3 Å². The van der Waals surface area contributed by atoms with E-state index in [0.717, 1.165) is 12.0 Å². The van der Waals surface area contributed by atoms with Gasteiger partial charge >= 0.3 is 11.8 Å². The molecule has 2 aromatic carbocycles. The van der Waals surface area contributed by atoms with E-state index in [4.69, 9.17) is 23.2 Å². The Balaban J connectivity index is 1.38. The standard InChI is InChI=1S/C23H26Cl2N4O3/c1-2-16-3-6-18(7-4-16)27-22(31)21(30)26-9-10-28-11-13-29(14-12-28)23(32)19-8-5-17(24)15-20(19)25/h3-8,15H,2,9-14H2,1H3,(H,26,30)(H,27,31). The number of carbonyl (C=O) groups excluding carboxylic acids is 3. The molecule has 0 atom stereocenters. The molecule has 1 heterocycles. The van der Waals surface area contributed by atoms with Gasteiger partial charge in [-0.25, -0.2) is 0 Å². The van der Waals surface area contributed by atoms with Crippen molar-refractivity contribution in [2.45, 2.75) is 13.3 Å². The van der Waals surface area contributed by atoms with Crippen molar-refractivity contribution in [2.24, 2.45) is 0 Å². The predicted octanol–water partition coefficient (Wildman–Crippen LogP) is 3.07. The monoisotopic (exact) mass is 476 g/mol. The molecule has 9 heteroatoms. The number of hydrogen-bond acceptors (Lipinski definition) is 4. The Morgan fingerprint density at radius 1 is 0.938 bits per heavy atom. The second-order valence-electron chi connectivity index (χ2n) is 7.52. The fourth-order valence-electron chi connectivity index (χ4n) is 3.43. The minimum Gasteiger partial charge on any atom is -0.347 e. The molecule has 0 saturated carbocycles. The highest BCUT2D eigenvalue weighted by Gasteiger charge is 2.24. The molecule has 1 aliphatic heterocycles. The van der Waals surface area contributed by atoms with Crippen molar-refractivity contribution in [3.63, 3.8) is 0 Å². The van der Waals surface area contributed by atoms with Crippen LogP contribution in [0.15, 0.2) is 42.5 Å². The van der Waals surface area contributed by atoms with E-state index in [9.17, 15) is 14.4 Å². The highest BCUT2D eigenvalue weighted by Crippen LogP contribution is 2.22. The Morgan fingerprint density at radius 3 is 2.25 bits per heavy atom. The van der Waals surface area contributed by atoms with Crippen LogP contribution in [0.3, 0.4) is 0 Å². The van der Waals surface area contributed by atoms with Crippen molar-refractivity contribution in [2.75, 3.05) is 44.6 Å². The molecule has 32 heavy (non-hydrogen) atoms. The van der Waals surface area contributed by atoms with E-state index in [-0.39, 0.29) is 5.91 Å². The summed E-state index contributed by atoms with van der Waals surface area (Å²) in [6.07, 6.45) is 0.909. The van der Waals surface area contributed by atoms with Crippen molar-refractivity contribution < 1.29 is 14.4 Å². The normalized spacial score (nSPS) is 14.2. The zero-order valence-electron chi connectivity index (χ0n) is 17.9. The van der Waals surface area contributed by atoms with E-state index in [1.165, 1.54) is 0 Å². The van der Waals surface area contributed by atoms with Gasteiger partial charge in [0.15, 0.2) is 0 Å². The first kappa shape index (κ1) is 24.0. The van der Waals surface area contributed by atoms with Gasteiger partial charge in [0.25, 0.3) is 5.91 Å². The van der Waals surface area contributed by atoms with E-state index in [2.05, 4.69) is 15.5 Å². The zero-order chi connectivity index (χ0) is 23.1. The molecule has 1 fully saturated rings. The van der Waals surface area contributed by atoms with Gasteiger partial charge in [-0.1, -0.05) is 42.3 Å². The zero-order valence-corrected chi connectivity index (χ0v) is 19.4. The minimum absolute atomic E-state index is 0.122. The third-order valence-corrected chi connectivity index (χ3v) is 5.91. The smallest absolute Gasteiger partial charge is 0.313 e. The lowest BCUT2D eigenvalue weighted by molar-refractivity contribution is -0.136. The topological polar surface area (TPSA) is 81.8 Å². The number of anilines is 1. The van der Waals surface area contributed by atoms with E-state index < -0.39 is 11.8 Å². The Bertz CT molecular complexity index is 974. The Morgan fingerprint density at radius 2 is 1.62 bits per heavy atom. The number of rotatable bonds is 6. The summed E-state index contributed by atoms with van der Waals surface area (Å²) in [6.45, 7) is 5.44. The maximum absolute atomic E-state index is 12.7. The lowest BCUT2D eigenvalue weighted by atomic mass is 10.1. The van der Waals surface area contributed by atoms with Gasteiger partial charge in [0.1, 0.15) is 0 Å². The summed E-state index contributed by atoms with van der Waals surface area (Å²) in [5.74, 6) is -1.48. The van der Waals surface area contributed by atoms with Crippen molar-refractivity contribution in [3.05, 3.63) is 63.6 Å². The molecule has 0 unspecified atom stereocenters. The highest BCUT2D eigenvalue weighted by molar-refractivity contribution is 6.39. The number of piperazine rings is 1. The van der Waals surface area contributed by atoms with Crippen LogP contribution in [-0.4, -0.2) is 66.8 Å². The molecule has 2 N–H and O–H groups in total. The lowest BCUT2D eigenvalue weighted by Gasteiger charge is -2.34. The molecule has 0 spiro atoms. The first-order chi connectivity index (χ1) is 15.4. The third kappa shape index (κ3) is 6.45. The average molecular weight is 477 g/mol. The molecule has 1 saturated heterocycles. The molecule has 3 rings (SSSR count). The number of amides is 3. The maximum atomic E-state index is 12.7. The predicted molar refractivity (Wildman–Crippen MR) is 126 cm³/mol. The van der Waals surface area contributed by atoms with Crippen LogP contribution in [0.4, 0.5) is 5.69 Å². The van der Waals surface area contributed by atoms with E-state index in [1.807, 2.05) is 19.1 Å². The molecule has 0 aliphatic carbocycles. The summed E-state index contributed by atoms with van der Waals surface area (Å²) in [5, 5.41) is 6.06. The van der Waals surface area contributed by atoms with E-state index in [0.29, 0.717) is 60.6 Å². The number of carbonyl (C=O) groups is 3. The number of halogens is 2. The number of aryl methyl sites for hydroxylation is 1.